The summed E-state index contributed by atoms with van der Waals surface area (Å²) < 4.78 is 5.15. The summed E-state index contributed by atoms with van der Waals surface area (Å²) in [6.07, 6.45) is -0.494. The van der Waals surface area contributed by atoms with Crippen molar-refractivity contribution in [2.75, 3.05) is 14.2 Å². The highest BCUT2D eigenvalue weighted by Crippen LogP contribution is 2.18. The second kappa shape index (κ2) is 5.89. The van der Waals surface area contributed by atoms with Gasteiger partial charge in [0, 0.05) is 19.2 Å². The number of ether oxygens (including phenoxy) is 1. The fourth-order valence-corrected chi connectivity index (χ4v) is 1.44. The van der Waals surface area contributed by atoms with Gasteiger partial charge in [0.25, 0.3) is 0 Å². The van der Waals surface area contributed by atoms with Crippen molar-refractivity contribution in [1.82, 2.24) is 4.90 Å². The lowest BCUT2D eigenvalue weighted by atomic mass is 10.2. The number of carbonyl (C=O) groups is 2. The highest BCUT2D eigenvalue weighted by atomic mass is 16.5. The number of methoxy groups -OCH3 is 1. The maximum Gasteiger partial charge on any atom is 0.312 e. The minimum absolute atomic E-state index is 0.329. The molecule has 0 fully saturated rings. The molecule has 1 aromatic rings. The van der Waals surface area contributed by atoms with Gasteiger partial charge in [-0.05, 0) is 6.07 Å². The predicted molar refractivity (Wildman–Crippen MR) is 61.7 cm³/mol. The smallest absolute Gasteiger partial charge is 0.312 e. The molecule has 5 heteroatoms. The first kappa shape index (κ1) is 13.0. The summed E-state index contributed by atoms with van der Waals surface area (Å²) in [5.74, 6) is -0.868. The summed E-state index contributed by atoms with van der Waals surface area (Å²) in [4.78, 5) is 23.2. The zero-order valence-electron chi connectivity index (χ0n) is 9.84. The van der Waals surface area contributed by atoms with Crippen molar-refractivity contribution >= 4 is 11.9 Å². The van der Waals surface area contributed by atoms with E-state index < -0.39 is 18.3 Å². The monoisotopic (exact) mass is 237 g/mol. The van der Waals surface area contributed by atoms with E-state index in [2.05, 4.69) is 0 Å². The lowest BCUT2D eigenvalue weighted by molar-refractivity contribution is -0.143. The minimum atomic E-state index is -1.12. The van der Waals surface area contributed by atoms with Gasteiger partial charge in [-0.3, -0.25) is 9.59 Å². The number of carboxylic acids is 1. The van der Waals surface area contributed by atoms with E-state index in [4.69, 9.17) is 9.84 Å². The highest BCUT2D eigenvalue weighted by Gasteiger charge is 2.14. The van der Waals surface area contributed by atoms with Crippen molar-refractivity contribution in [1.29, 1.82) is 0 Å². The van der Waals surface area contributed by atoms with E-state index in [1.54, 1.807) is 20.2 Å². The van der Waals surface area contributed by atoms with Gasteiger partial charge < -0.3 is 14.7 Å². The van der Waals surface area contributed by atoms with Gasteiger partial charge in [-0.15, -0.1) is 0 Å². The van der Waals surface area contributed by atoms with Gasteiger partial charge in [-0.1, -0.05) is 18.2 Å². The predicted octanol–water partition coefficient (Wildman–Crippen LogP) is 1.13. The van der Waals surface area contributed by atoms with Gasteiger partial charge in [0.15, 0.2) is 0 Å². The molecule has 0 bridgehead atoms. The number of carbonyl (C=O) groups excluding carboxylic acids is 1. The van der Waals surface area contributed by atoms with Gasteiger partial charge >= 0.3 is 5.97 Å². The quantitative estimate of drug-likeness (QED) is 0.779. The molecule has 0 atom stereocenters. The molecule has 0 aliphatic rings. The molecular weight excluding hydrogens is 222 g/mol. The third-order valence-electron chi connectivity index (χ3n) is 2.33. The van der Waals surface area contributed by atoms with Crippen LogP contribution in [-0.2, 0) is 16.1 Å². The van der Waals surface area contributed by atoms with Crippen LogP contribution >= 0.6 is 0 Å². The van der Waals surface area contributed by atoms with Crippen LogP contribution in [0.3, 0.4) is 0 Å². The molecule has 1 rings (SSSR count). The Balaban J connectivity index is 2.70. The molecule has 1 amide bonds. The van der Waals surface area contributed by atoms with Gasteiger partial charge in [-0.25, -0.2) is 0 Å². The number of amides is 1. The lowest BCUT2D eigenvalue weighted by Gasteiger charge is -2.17. The second-order valence-corrected chi connectivity index (χ2v) is 3.63. The first-order chi connectivity index (χ1) is 8.04. The van der Waals surface area contributed by atoms with Crippen molar-refractivity contribution in [3.05, 3.63) is 29.8 Å². The van der Waals surface area contributed by atoms with Crippen LogP contribution < -0.4 is 4.74 Å². The molecule has 92 valence electrons. The summed E-state index contributed by atoms with van der Waals surface area (Å²) in [6.45, 7) is 0.329. The maximum atomic E-state index is 11.5. The largest absolute Gasteiger partial charge is 0.496 e. The van der Waals surface area contributed by atoms with Crippen LogP contribution in [0.5, 0.6) is 5.75 Å². The van der Waals surface area contributed by atoms with E-state index in [0.717, 1.165) is 5.56 Å². The number of benzene rings is 1. The van der Waals surface area contributed by atoms with Crippen LogP contribution in [-0.4, -0.2) is 36.0 Å². The van der Waals surface area contributed by atoms with Gasteiger partial charge in [0.2, 0.25) is 5.91 Å². The van der Waals surface area contributed by atoms with Crippen LogP contribution in [0, 0.1) is 0 Å². The van der Waals surface area contributed by atoms with E-state index >= 15 is 0 Å². The third kappa shape index (κ3) is 3.79. The normalized spacial score (nSPS) is 9.76. The Labute approximate surface area is 99.6 Å². The number of hydrogen-bond donors (Lipinski definition) is 1. The van der Waals surface area contributed by atoms with E-state index in [1.807, 2.05) is 18.2 Å². The Bertz CT molecular complexity index is 417. The van der Waals surface area contributed by atoms with Crippen LogP contribution in [0.1, 0.15) is 12.0 Å². The maximum absolute atomic E-state index is 11.5. The number of nitrogens with zero attached hydrogens (tertiary/aromatic N) is 1. The first-order valence-corrected chi connectivity index (χ1v) is 5.12. The molecule has 0 spiro atoms. The Kier molecular flexibility index (Phi) is 4.51. The number of carboxylic acid groups (broad SMARTS) is 1. The molecule has 1 aromatic carbocycles. The average molecular weight is 237 g/mol. The minimum Gasteiger partial charge on any atom is -0.496 e. The highest BCUT2D eigenvalue weighted by molar-refractivity contribution is 5.93. The lowest BCUT2D eigenvalue weighted by Crippen LogP contribution is -2.28. The van der Waals surface area contributed by atoms with E-state index in [9.17, 15) is 9.59 Å². The molecule has 0 aliphatic carbocycles. The summed E-state index contributed by atoms with van der Waals surface area (Å²) in [7, 11) is 3.12. The van der Waals surface area contributed by atoms with E-state index in [1.165, 1.54) is 4.90 Å². The topological polar surface area (TPSA) is 66.8 Å². The van der Waals surface area contributed by atoms with Gasteiger partial charge in [-0.2, -0.15) is 0 Å². The van der Waals surface area contributed by atoms with Gasteiger partial charge in [0.05, 0.1) is 7.11 Å². The van der Waals surface area contributed by atoms with Crippen molar-refractivity contribution in [2.24, 2.45) is 0 Å². The van der Waals surface area contributed by atoms with Crippen LogP contribution in [0.25, 0.3) is 0 Å². The van der Waals surface area contributed by atoms with Crippen molar-refractivity contribution < 1.29 is 19.4 Å². The Morgan fingerprint density at radius 3 is 2.59 bits per heavy atom. The molecule has 0 heterocycles. The summed E-state index contributed by atoms with van der Waals surface area (Å²) in [5, 5.41) is 8.53. The average Bonchev–Trinajstić information content (AvgIpc) is 2.28. The van der Waals surface area contributed by atoms with Crippen LogP contribution in [0.15, 0.2) is 24.3 Å². The number of hydrogen-bond acceptors (Lipinski definition) is 3. The van der Waals surface area contributed by atoms with Crippen molar-refractivity contribution in [2.45, 2.75) is 13.0 Å². The summed E-state index contributed by atoms with van der Waals surface area (Å²) in [6, 6.07) is 7.31. The molecule has 0 saturated carbocycles. The second-order valence-electron chi connectivity index (χ2n) is 3.63. The molecule has 0 unspecified atom stereocenters. The molecule has 17 heavy (non-hydrogen) atoms. The SMILES string of the molecule is COc1ccccc1CN(C)C(=O)CC(=O)O. The zero-order valence-corrected chi connectivity index (χ0v) is 9.84. The Morgan fingerprint density at radius 1 is 1.35 bits per heavy atom. The zero-order chi connectivity index (χ0) is 12.8. The molecular formula is C12H15NO4. The number of rotatable bonds is 5. The van der Waals surface area contributed by atoms with Crippen LogP contribution in [0.4, 0.5) is 0 Å². The van der Waals surface area contributed by atoms with E-state index in [-0.39, 0.29) is 0 Å². The first-order valence-electron chi connectivity index (χ1n) is 5.12. The molecule has 0 saturated heterocycles. The molecule has 1 N–H and O–H groups in total. The Morgan fingerprint density at radius 2 is 2.00 bits per heavy atom. The van der Waals surface area contributed by atoms with Gasteiger partial charge in [0.1, 0.15) is 12.2 Å². The molecule has 5 nitrogen and oxygen atoms in total. The fourth-order valence-electron chi connectivity index (χ4n) is 1.44. The fraction of sp³-hybridized carbons (Fsp3) is 0.333. The Hall–Kier alpha value is -2.04. The molecule has 0 aliphatic heterocycles. The number of para-hydroxylation sites is 1. The standard InChI is InChI=1S/C12H15NO4/c1-13(11(14)7-12(15)16)8-9-5-3-4-6-10(9)17-2/h3-6H,7-8H2,1-2H3,(H,15,16). The van der Waals surface area contributed by atoms with Crippen molar-refractivity contribution in [3.8, 4) is 5.75 Å². The third-order valence-corrected chi connectivity index (χ3v) is 2.33. The van der Waals surface area contributed by atoms with E-state index in [0.29, 0.717) is 12.3 Å². The summed E-state index contributed by atoms with van der Waals surface area (Å²) >= 11 is 0. The molecule has 0 aromatic heterocycles. The molecule has 0 radical (unpaired) electrons. The number of aliphatic carboxylic acids is 1. The van der Waals surface area contributed by atoms with Crippen LogP contribution in [0.2, 0.25) is 0 Å². The summed E-state index contributed by atoms with van der Waals surface area (Å²) in [5.41, 5.74) is 0.844. The van der Waals surface area contributed by atoms with Crippen molar-refractivity contribution in [3.63, 3.8) is 0 Å².